The van der Waals surface area contributed by atoms with E-state index in [1.807, 2.05) is 72.9 Å². The summed E-state index contributed by atoms with van der Waals surface area (Å²) in [5.41, 5.74) is 3.54. The molecule has 0 fully saturated rings. The van der Waals surface area contributed by atoms with Gasteiger partial charge < -0.3 is 0 Å². The molecule has 3 aromatic rings. The van der Waals surface area contributed by atoms with Crippen LogP contribution in [0.25, 0.3) is 0 Å². The lowest BCUT2D eigenvalue weighted by Crippen LogP contribution is -1.80. The molecule has 2 nitrogen and oxygen atoms in total. The number of benzene rings is 3. The van der Waals surface area contributed by atoms with Gasteiger partial charge in [0.1, 0.15) is 0 Å². The summed E-state index contributed by atoms with van der Waals surface area (Å²) in [4.78, 5) is 8.90. The molecule has 0 amide bonds. The Hall–Kier alpha value is -1.75. The summed E-state index contributed by atoms with van der Waals surface area (Å²) in [6.45, 7) is 0. The van der Waals surface area contributed by atoms with Crippen LogP contribution in [-0.4, -0.2) is 12.4 Å². The lowest BCUT2D eigenvalue weighted by molar-refractivity contribution is 1.48. The highest BCUT2D eigenvalue weighted by molar-refractivity contribution is 9.10. The van der Waals surface area contributed by atoms with E-state index in [2.05, 4.69) is 41.8 Å². The first-order valence-electron chi connectivity index (χ1n) is 7.49. The van der Waals surface area contributed by atoms with Gasteiger partial charge in [-0.25, -0.2) is 0 Å². The van der Waals surface area contributed by atoms with Gasteiger partial charge in [-0.2, -0.15) is 0 Å². The molecule has 0 aliphatic carbocycles. The van der Waals surface area contributed by atoms with Crippen LogP contribution in [0, 0.1) is 0 Å². The van der Waals surface area contributed by atoms with Crippen molar-refractivity contribution in [1.29, 1.82) is 0 Å². The van der Waals surface area contributed by atoms with Gasteiger partial charge in [-0.15, -0.1) is 0 Å². The maximum atomic E-state index is 6.32. The predicted molar refractivity (Wildman–Crippen MR) is 114 cm³/mol. The third-order valence-electron chi connectivity index (χ3n) is 3.39. The van der Waals surface area contributed by atoms with E-state index in [9.17, 15) is 0 Å². The minimum absolute atomic E-state index is 0.568. The molecule has 3 aromatic carbocycles. The Labute approximate surface area is 168 Å². The third kappa shape index (κ3) is 5.36. The summed E-state index contributed by atoms with van der Waals surface area (Å²) in [6.07, 6.45) is 3.60. The van der Waals surface area contributed by atoms with Crippen molar-refractivity contribution in [3.05, 3.63) is 91.8 Å². The van der Waals surface area contributed by atoms with Crippen LogP contribution in [0.3, 0.4) is 0 Å². The van der Waals surface area contributed by atoms with E-state index in [-0.39, 0.29) is 0 Å². The van der Waals surface area contributed by atoms with Gasteiger partial charge in [-0.3, -0.25) is 9.98 Å². The molecule has 0 aliphatic rings. The van der Waals surface area contributed by atoms with Gasteiger partial charge >= 0.3 is 0 Å². The van der Waals surface area contributed by atoms with E-state index < -0.39 is 0 Å². The number of hydrogen-bond donors (Lipinski definition) is 0. The maximum absolute atomic E-state index is 6.32. The molecular weight excluding hydrogens is 463 g/mol. The summed E-state index contributed by atoms with van der Waals surface area (Å²) in [7, 11) is 0. The minimum atomic E-state index is 0.568. The van der Waals surface area contributed by atoms with Gasteiger partial charge in [-0.05, 0) is 53.6 Å². The zero-order valence-electron chi connectivity index (χ0n) is 13.0. The average Bonchev–Trinajstić information content (AvgIpc) is 2.62. The molecule has 0 saturated carbocycles. The predicted octanol–water partition coefficient (Wildman–Crippen LogP) is 7.37. The summed E-state index contributed by atoms with van der Waals surface area (Å²) < 4.78 is 2.08. The van der Waals surface area contributed by atoms with Crippen LogP contribution in [0.2, 0.25) is 5.02 Å². The SMILES string of the molecule is Clc1cc(N=Cc2ccc(Br)cc2)ccc1N=Cc1ccc(Br)cc1. The van der Waals surface area contributed by atoms with Crippen molar-refractivity contribution in [3.63, 3.8) is 0 Å². The molecule has 0 heterocycles. The highest BCUT2D eigenvalue weighted by atomic mass is 79.9. The van der Waals surface area contributed by atoms with Crippen molar-refractivity contribution >= 4 is 67.3 Å². The molecule has 0 saturated heterocycles. The van der Waals surface area contributed by atoms with Crippen LogP contribution in [0.4, 0.5) is 11.4 Å². The van der Waals surface area contributed by atoms with Crippen LogP contribution in [0.1, 0.15) is 11.1 Å². The standard InChI is InChI=1S/C20H13Br2ClN2/c21-16-5-1-14(2-6-16)12-24-18-9-10-20(19(23)11-18)25-13-15-3-7-17(22)8-4-15/h1-13H. The van der Waals surface area contributed by atoms with E-state index >= 15 is 0 Å². The fraction of sp³-hybridized carbons (Fsp3) is 0. The Morgan fingerprint density at radius 2 is 1.20 bits per heavy atom. The van der Waals surface area contributed by atoms with Crippen molar-refractivity contribution < 1.29 is 0 Å². The molecular formula is C20H13Br2ClN2. The fourth-order valence-corrected chi connectivity index (χ4v) is 2.82. The molecule has 0 aromatic heterocycles. The largest absolute Gasteiger partial charge is 0.256 e. The topological polar surface area (TPSA) is 24.7 Å². The quantitative estimate of drug-likeness (QED) is 0.351. The Morgan fingerprint density at radius 1 is 0.680 bits per heavy atom. The zero-order valence-corrected chi connectivity index (χ0v) is 17.0. The average molecular weight is 477 g/mol. The Kier molecular flexibility index (Phi) is 6.19. The Morgan fingerprint density at radius 3 is 1.72 bits per heavy atom. The van der Waals surface area contributed by atoms with E-state index in [1.165, 1.54) is 0 Å². The van der Waals surface area contributed by atoms with Crippen molar-refractivity contribution in [2.45, 2.75) is 0 Å². The van der Waals surface area contributed by atoms with Crippen molar-refractivity contribution in [3.8, 4) is 0 Å². The molecule has 0 radical (unpaired) electrons. The van der Waals surface area contributed by atoms with E-state index in [1.54, 1.807) is 6.21 Å². The van der Waals surface area contributed by atoms with Crippen molar-refractivity contribution in [2.75, 3.05) is 0 Å². The highest BCUT2D eigenvalue weighted by Crippen LogP contribution is 2.29. The molecule has 25 heavy (non-hydrogen) atoms. The zero-order chi connectivity index (χ0) is 17.6. The van der Waals surface area contributed by atoms with Crippen LogP contribution >= 0.6 is 43.5 Å². The minimum Gasteiger partial charge on any atom is -0.256 e. The summed E-state index contributed by atoms with van der Waals surface area (Å²) in [5, 5.41) is 0.568. The molecule has 0 aliphatic heterocycles. The summed E-state index contributed by atoms with van der Waals surface area (Å²) >= 11 is 13.2. The fourth-order valence-electron chi connectivity index (χ4n) is 2.07. The number of hydrogen-bond acceptors (Lipinski definition) is 2. The molecule has 5 heteroatoms. The monoisotopic (exact) mass is 474 g/mol. The molecule has 0 atom stereocenters. The first-order valence-corrected chi connectivity index (χ1v) is 9.45. The number of nitrogens with zero attached hydrogens (tertiary/aromatic N) is 2. The summed E-state index contributed by atoms with van der Waals surface area (Å²) in [5.74, 6) is 0. The molecule has 0 spiro atoms. The smallest absolute Gasteiger partial charge is 0.0817 e. The van der Waals surface area contributed by atoms with Crippen molar-refractivity contribution in [1.82, 2.24) is 0 Å². The molecule has 0 bridgehead atoms. The molecule has 3 rings (SSSR count). The first kappa shape index (κ1) is 18.1. The normalized spacial score (nSPS) is 11.5. The molecule has 0 N–H and O–H groups in total. The number of halogens is 3. The van der Waals surface area contributed by atoms with Gasteiger partial charge in [0.15, 0.2) is 0 Å². The van der Waals surface area contributed by atoms with Gasteiger partial charge in [-0.1, -0.05) is 67.7 Å². The lowest BCUT2D eigenvalue weighted by Gasteiger charge is -2.00. The van der Waals surface area contributed by atoms with E-state index in [4.69, 9.17) is 11.6 Å². The van der Waals surface area contributed by atoms with Crippen LogP contribution < -0.4 is 0 Å². The second-order valence-electron chi connectivity index (χ2n) is 5.26. The number of aliphatic imine (C=N–C) groups is 2. The molecule has 0 unspecified atom stereocenters. The van der Waals surface area contributed by atoms with E-state index in [0.29, 0.717) is 10.7 Å². The second-order valence-corrected chi connectivity index (χ2v) is 7.49. The van der Waals surface area contributed by atoms with Crippen LogP contribution in [0.5, 0.6) is 0 Å². The van der Waals surface area contributed by atoms with Gasteiger partial charge in [0.25, 0.3) is 0 Å². The summed E-state index contributed by atoms with van der Waals surface area (Å²) in [6, 6.07) is 21.4. The van der Waals surface area contributed by atoms with Gasteiger partial charge in [0.05, 0.1) is 16.4 Å². The third-order valence-corrected chi connectivity index (χ3v) is 4.75. The molecule has 124 valence electrons. The lowest BCUT2D eigenvalue weighted by atomic mass is 10.2. The second kappa shape index (κ2) is 8.56. The van der Waals surface area contributed by atoms with Gasteiger partial charge in [0, 0.05) is 21.4 Å². The van der Waals surface area contributed by atoms with Crippen molar-refractivity contribution in [2.24, 2.45) is 9.98 Å². The maximum Gasteiger partial charge on any atom is 0.0817 e. The Balaban J connectivity index is 1.74. The number of rotatable bonds is 4. The highest BCUT2D eigenvalue weighted by Gasteiger charge is 2.00. The van der Waals surface area contributed by atoms with Crippen LogP contribution in [-0.2, 0) is 0 Å². The van der Waals surface area contributed by atoms with E-state index in [0.717, 1.165) is 25.8 Å². The Bertz CT molecular complexity index is 917. The van der Waals surface area contributed by atoms with Crippen LogP contribution in [0.15, 0.2) is 85.7 Å². The van der Waals surface area contributed by atoms with Gasteiger partial charge in [0.2, 0.25) is 0 Å². The first-order chi connectivity index (χ1) is 12.1.